The van der Waals surface area contributed by atoms with E-state index >= 15 is 0 Å². The van der Waals surface area contributed by atoms with Gasteiger partial charge in [0.25, 0.3) is 0 Å². The molecule has 3 heterocycles. The number of aryl methyl sites for hydroxylation is 1. The number of rotatable bonds is 2. The third-order valence-corrected chi connectivity index (χ3v) is 4.15. The summed E-state index contributed by atoms with van der Waals surface area (Å²) in [5, 5.41) is 2.10. The molecule has 0 spiro atoms. The molecular weight excluding hydrogens is 232 g/mol. The predicted octanol–water partition coefficient (Wildman–Crippen LogP) is 2.47. The number of fused-ring (bicyclic) bond motifs is 1. The fraction of sp³-hybridized carbons (Fsp3) is 0.250. The second-order valence-corrected chi connectivity index (χ2v) is 5.02. The van der Waals surface area contributed by atoms with Crippen LogP contribution in [0.5, 0.6) is 0 Å². The van der Waals surface area contributed by atoms with Crippen LogP contribution in [0.2, 0.25) is 0 Å². The molecule has 0 atom stereocenters. The van der Waals surface area contributed by atoms with Crippen LogP contribution in [0.3, 0.4) is 0 Å². The zero-order chi connectivity index (χ0) is 12.0. The van der Waals surface area contributed by atoms with Crippen molar-refractivity contribution in [3.05, 3.63) is 34.7 Å². The minimum Gasteiger partial charge on any atom is -0.340 e. The van der Waals surface area contributed by atoms with Crippen molar-refractivity contribution in [1.82, 2.24) is 14.4 Å². The second-order valence-electron chi connectivity index (χ2n) is 4.12. The highest BCUT2D eigenvalue weighted by atomic mass is 32.1. The van der Waals surface area contributed by atoms with Crippen LogP contribution in [0.1, 0.15) is 17.0 Å². The molecule has 17 heavy (non-hydrogen) atoms. The molecule has 3 N–H and O–H groups in total. The number of nitrogens with one attached hydrogen (secondary N) is 1. The quantitative estimate of drug-likeness (QED) is 0.729. The van der Waals surface area contributed by atoms with Gasteiger partial charge < -0.3 is 15.1 Å². The fourth-order valence-electron chi connectivity index (χ4n) is 2.16. The van der Waals surface area contributed by atoms with Crippen LogP contribution in [0.4, 0.5) is 0 Å². The van der Waals surface area contributed by atoms with Gasteiger partial charge in [-0.05, 0) is 25.0 Å². The minimum absolute atomic E-state index is 0.441. The summed E-state index contributed by atoms with van der Waals surface area (Å²) in [4.78, 5) is 8.82. The Balaban J connectivity index is 2.28. The van der Waals surface area contributed by atoms with E-state index < -0.39 is 0 Å². The molecule has 3 aromatic rings. The van der Waals surface area contributed by atoms with Crippen molar-refractivity contribution in [3.8, 4) is 11.4 Å². The SMILES string of the molecule is Cc1c(C)c2sccn2c1-c1cnc(CN)[nH]1. The molecule has 88 valence electrons. The molecule has 0 aromatic carbocycles. The molecule has 0 fully saturated rings. The lowest BCUT2D eigenvalue weighted by atomic mass is 10.1. The summed E-state index contributed by atoms with van der Waals surface area (Å²) >= 11 is 1.76. The normalized spacial score (nSPS) is 11.5. The van der Waals surface area contributed by atoms with Crippen LogP contribution in [-0.2, 0) is 6.54 Å². The number of nitrogens with zero attached hydrogens (tertiary/aromatic N) is 2. The molecule has 0 saturated carbocycles. The zero-order valence-electron chi connectivity index (χ0n) is 9.82. The van der Waals surface area contributed by atoms with E-state index in [1.54, 1.807) is 11.3 Å². The molecule has 0 radical (unpaired) electrons. The Labute approximate surface area is 103 Å². The molecule has 3 aromatic heterocycles. The van der Waals surface area contributed by atoms with Crippen LogP contribution < -0.4 is 5.73 Å². The van der Waals surface area contributed by atoms with Crippen LogP contribution in [-0.4, -0.2) is 14.4 Å². The number of hydrogen-bond donors (Lipinski definition) is 2. The van der Waals surface area contributed by atoms with Crippen molar-refractivity contribution >= 4 is 16.2 Å². The van der Waals surface area contributed by atoms with Gasteiger partial charge in [-0.2, -0.15) is 0 Å². The summed E-state index contributed by atoms with van der Waals surface area (Å²) in [5.74, 6) is 0.822. The summed E-state index contributed by atoms with van der Waals surface area (Å²) < 4.78 is 2.21. The molecule has 0 aliphatic heterocycles. The standard InChI is InChI=1S/C12H14N4S/c1-7-8(2)12-16(3-4-17-12)11(7)9-6-14-10(5-13)15-9/h3-4,6H,5,13H2,1-2H3,(H,14,15). The van der Waals surface area contributed by atoms with Crippen molar-refractivity contribution in [2.75, 3.05) is 0 Å². The van der Waals surface area contributed by atoms with E-state index in [4.69, 9.17) is 5.73 Å². The van der Waals surface area contributed by atoms with Gasteiger partial charge in [0, 0.05) is 11.6 Å². The number of hydrogen-bond acceptors (Lipinski definition) is 3. The highest BCUT2D eigenvalue weighted by Crippen LogP contribution is 2.32. The first-order chi connectivity index (χ1) is 8.22. The molecule has 0 saturated heterocycles. The molecule has 0 aliphatic rings. The Bertz CT molecular complexity index is 674. The van der Waals surface area contributed by atoms with E-state index in [-0.39, 0.29) is 0 Å². The van der Waals surface area contributed by atoms with E-state index in [2.05, 4.69) is 39.8 Å². The van der Waals surface area contributed by atoms with Gasteiger partial charge in [-0.1, -0.05) is 0 Å². The Hall–Kier alpha value is -1.59. The van der Waals surface area contributed by atoms with Crippen LogP contribution in [0, 0.1) is 13.8 Å². The Morgan fingerprint density at radius 2 is 2.24 bits per heavy atom. The van der Waals surface area contributed by atoms with E-state index in [9.17, 15) is 0 Å². The van der Waals surface area contributed by atoms with Gasteiger partial charge in [0.15, 0.2) is 0 Å². The lowest BCUT2D eigenvalue weighted by molar-refractivity contribution is 0.949. The molecule has 0 unspecified atom stereocenters. The van der Waals surface area contributed by atoms with Crippen molar-refractivity contribution in [2.45, 2.75) is 20.4 Å². The zero-order valence-corrected chi connectivity index (χ0v) is 10.6. The Morgan fingerprint density at radius 3 is 2.94 bits per heavy atom. The van der Waals surface area contributed by atoms with Gasteiger partial charge in [0.1, 0.15) is 10.7 Å². The van der Waals surface area contributed by atoms with E-state index in [0.717, 1.165) is 11.5 Å². The summed E-state index contributed by atoms with van der Waals surface area (Å²) in [6.45, 7) is 4.74. The largest absolute Gasteiger partial charge is 0.340 e. The predicted molar refractivity (Wildman–Crippen MR) is 70.2 cm³/mol. The van der Waals surface area contributed by atoms with Crippen LogP contribution in [0.25, 0.3) is 16.2 Å². The van der Waals surface area contributed by atoms with Gasteiger partial charge in [-0.3, -0.25) is 0 Å². The van der Waals surface area contributed by atoms with E-state index in [1.165, 1.54) is 21.7 Å². The topological polar surface area (TPSA) is 59.1 Å². The fourth-order valence-corrected chi connectivity index (χ4v) is 3.07. The maximum Gasteiger partial charge on any atom is 0.120 e. The van der Waals surface area contributed by atoms with Gasteiger partial charge in [-0.25, -0.2) is 4.98 Å². The Morgan fingerprint density at radius 1 is 1.41 bits per heavy atom. The number of aromatic nitrogens is 3. The third-order valence-electron chi connectivity index (χ3n) is 3.16. The van der Waals surface area contributed by atoms with Crippen LogP contribution >= 0.6 is 11.3 Å². The molecule has 3 rings (SSSR count). The number of H-pyrrole nitrogens is 1. The number of imidazole rings is 1. The average molecular weight is 246 g/mol. The monoisotopic (exact) mass is 246 g/mol. The third kappa shape index (κ3) is 1.43. The number of aromatic amines is 1. The average Bonchev–Trinajstić information content (AvgIpc) is 3.00. The second kappa shape index (κ2) is 3.72. The molecule has 0 amide bonds. The maximum absolute atomic E-state index is 5.58. The first kappa shape index (κ1) is 10.6. The van der Waals surface area contributed by atoms with Gasteiger partial charge in [0.05, 0.1) is 24.1 Å². The lowest BCUT2D eigenvalue weighted by Crippen LogP contribution is -1.98. The Kier molecular flexibility index (Phi) is 2.31. The van der Waals surface area contributed by atoms with Crippen molar-refractivity contribution in [3.63, 3.8) is 0 Å². The number of thiazole rings is 1. The van der Waals surface area contributed by atoms with E-state index in [0.29, 0.717) is 6.54 Å². The van der Waals surface area contributed by atoms with Gasteiger partial charge in [-0.15, -0.1) is 11.3 Å². The van der Waals surface area contributed by atoms with E-state index in [1.807, 2.05) is 6.20 Å². The van der Waals surface area contributed by atoms with Crippen LogP contribution in [0.15, 0.2) is 17.8 Å². The first-order valence-corrected chi connectivity index (χ1v) is 6.39. The van der Waals surface area contributed by atoms with Crippen molar-refractivity contribution in [1.29, 1.82) is 0 Å². The van der Waals surface area contributed by atoms with Crippen molar-refractivity contribution in [2.24, 2.45) is 5.73 Å². The van der Waals surface area contributed by atoms with Gasteiger partial charge in [0.2, 0.25) is 0 Å². The molecule has 0 bridgehead atoms. The summed E-state index contributed by atoms with van der Waals surface area (Å²) in [7, 11) is 0. The summed E-state index contributed by atoms with van der Waals surface area (Å²) in [5.41, 5.74) is 10.4. The first-order valence-electron chi connectivity index (χ1n) is 5.51. The molecule has 5 heteroatoms. The highest BCUT2D eigenvalue weighted by molar-refractivity contribution is 7.15. The molecular formula is C12H14N4S. The van der Waals surface area contributed by atoms with Gasteiger partial charge >= 0.3 is 0 Å². The molecule has 4 nitrogen and oxygen atoms in total. The maximum atomic E-state index is 5.58. The molecule has 0 aliphatic carbocycles. The summed E-state index contributed by atoms with van der Waals surface area (Å²) in [6, 6.07) is 0. The number of nitrogens with two attached hydrogens (primary N) is 1. The minimum atomic E-state index is 0.441. The smallest absolute Gasteiger partial charge is 0.120 e. The highest BCUT2D eigenvalue weighted by Gasteiger charge is 2.15. The lowest BCUT2D eigenvalue weighted by Gasteiger charge is -1.99. The van der Waals surface area contributed by atoms with Crippen molar-refractivity contribution < 1.29 is 0 Å². The summed E-state index contributed by atoms with van der Waals surface area (Å²) in [6.07, 6.45) is 3.95.